The molecule has 0 aliphatic carbocycles. The number of benzene rings is 2. The van der Waals surface area contributed by atoms with Gasteiger partial charge >= 0.3 is 5.97 Å². The Kier molecular flexibility index (Phi) is 7.98. The fourth-order valence-corrected chi connectivity index (χ4v) is 3.95. The lowest BCUT2D eigenvalue weighted by Crippen LogP contribution is -2.31. The standard InChI is InChI=1S/C23H20ClN3O6S/c1-33-23(30)20-11-6-17(14-26-20)22(29)27-34(31,32)19-9-4-16(5-10-19)21(28)25-13-12-15-2-7-18(24)8-3-15/h2-11,14H,12-13H2,1H3,(H,25,28)(H,27,29). The Hall–Kier alpha value is -3.76. The van der Waals surface area contributed by atoms with Gasteiger partial charge in [-0.3, -0.25) is 9.59 Å². The van der Waals surface area contributed by atoms with Gasteiger partial charge in [0.2, 0.25) is 0 Å². The molecule has 0 fully saturated rings. The molecule has 176 valence electrons. The van der Waals surface area contributed by atoms with Crippen LogP contribution in [0.5, 0.6) is 0 Å². The highest BCUT2D eigenvalue weighted by molar-refractivity contribution is 7.90. The van der Waals surface area contributed by atoms with Crippen LogP contribution < -0.4 is 10.0 Å². The van der Waals surface area contributed by atoms with Gasteiger partial charge in [0.25, 0.3) is 21.8 Å². The second-order valence-electron chi connectivity index (χ2n) is 7.02. The number of carbonyl (C=O) groups is 3. The van der Waals surface area contributed by atoms with Crippen LogP contribution in [0.15, 0.2) is 71.8 Å². The molecule has 0 saturated carbocycles. The highest BCUT2D eigenvalue weighted by Gasteiger charge is 2.20. The van der Waals surface area contributed by atoms with E-state index < -0.39 is 21.9 Å². The molecule has 0 bridgehead atoms. The van der Waals surface area contributed by atoms with Gasteiger partial charge in [-0.25, -0.2) is 22.9 Å². The summed E-state index contributed by atoms with van der Waals surface area (Å²) in [7, 11) is -3.01. The van der Waals surface area contributed by atoms with Crippen LogP contribution in [0.2, 0.25) is 5.02 Å². The molecular weight excluding hydrogens is 482 g/mol. The predicted octanol–water partition coefficient (Wildman–Crippen LogP) is 2.61. The first kappa shape index (κ1) is 24.9. The number of rotatable bonds is 8. The summed E-state index contributed by atoms with van der Waals surface area (Å²) in [4.78, 5) is 39.6. The number of hydrogen-bond acceptors (Lipinski definition) is 7. The lowest BCUT2D eigenvalue weighted by Gasteiger charge is -2.09. The van der Waals surface area contributed by atoms with Crippen LogP contribution in [-0.2, 0) is 21.2 Å². The molecule has 2 aromatic carbocycles. The summed E-state index contributed by atoms with van der Waals surface area (Å²) in [6.45, 7) is 0.388. The van der Waals surface area contributed by atoms with E-state index in [1.807, 2.05) is 16.9 Å². The number of halogens is 1. The first-order valence-electron chi connectivity index (χ1n) is 9.94. The van der Waals surface area contributed by atoms with Crippen LogP contribution in [0.3, 0.4) is 0 Å². The second kappa shape index (κ2) is 10.9. The zero-order valence-electron chi connectivity index (χ0n) is 17.9. The summed E-state index contributed by atoms with van der Waals surface area (Å²) >= 11 is 5.85. The van der Waals surface area contributed by atoms with Crippen molar-refractivity contribution in [3.63, 3.8) is 0 Å². The van der Waals surface area contributed by atoms with E-state index in [2.05, 4.69) is 15.0 Å². The number of carbonyl (C=O) groups excluding carboxylic acids is 3. The molecule has 0 aliphatic rings. The van der Waals surface area contributed by atoms with Crippen molar-refractivity contribution >= 4 is 39.4 Å². The number of pyridine rings is 1. The Morgan fingerprint density at radius 1 is 0.912 bits per heavy atom. The molecular formula is C23H20ClN3O6S. The monoisotopic (exact) mass is 501 g/mol. The minimum absolute atomic E-state index is 0.0241. The van der Waals surface area contributed by atoms with Crippen LogP contribution >= 0.6 is 11.6 Å². The van der Waals surface area contributed by atoms with E-state index >= 15 is 0 Å². The van der Waals surface area contributed by atoms with E-state index in [-0.39, 0.29) is 27.6 Å². The van der Waals surface area contributed by atoms with Crippen LogP contribution in [0.25, 0.3) is 0 Å². The third kappa shape index (κ3) is 6.40. The molecule has 0 saturated heterocycles. The normalized spacial score (nSPS) is 10.9. The molecule has 0 spiro atoms. The molecule has 0 atom stereocenters. The van der Waals surface area contributed by atoms with E-state index in [0.717, 1.165) is 11.8 Å². The molecule has 11 heteroatoms. The zero-order valence-corrected chi connectivity index (χ0v) is 19.5. The predicted molar refractivity (Wildman–Crippen MR) is 124 cm³/mol. The number of sulfonamides is 1. The maximum atomic E-state index is 12.5. The van der Waals surface area contributed by atoms with Gasteiger partial charge in [0.15, 0.2) is 0 Å². The average Bonchev–Trinajstić information content (AvgIpc) is 2.84. The Morgan fingerprint density at radius 2 is 1.56 bits per heavy atom. The van der Waals surface area contributed by atoms with Gasteiger partial charge < -0.3 is 10.1 Å². The fourth-order valence-electron chi connectivity index (χ4n) is 2.85. The Morgan fingerprint density at radius 3 is 2.15 bits per heavy atom. The molecule has 3 aromatic rings. The number of nitrogens with one attached hydrogen (secondary N) is 2. The highest BCUT2D eigenvalue weighted by atomic mass is 35.5. The van der Waals surface area contributed by atoms with Crippen molar-refractivity contribution in [2.45, 2.75) is 11.3 Å². The van der Waals surface area contributed by atoms with E-state index in [0.29, 0.717) is 18.0 Å². The van der Waals surface area contributed by atoms with Gasteiger partial charge in [-0.1, -0.05) is 23.7 Å². The summed E-state index contributed by atoms with van der Waals surface area (Å²) in [6.07, 6.45) is 1.67. The summed E-state index contributed by atoms with van der Waals surface area (Å²) < 4.78 is 31.5. The van der Waals surface area contributed by atoms with E-state index in [1.54, 1.807) is 12.1 Å². The molecule has 0 unspecified atom stereocenters. The summed E-state index contributed by atoms with van der Waals surface area (Å²) in [5.74, 6) is -1.97. The average molecular weight is 502 g/mol. The van der Waals surface area contributed by atoms with Crippen molar-refractivity contribution in [1.29, 1.82) is 0 Å². The number of esters is 1. The van der Waals surface area contributed by atoms with Gasteiger partial charge in [-0.2, -0.15) is 0 Å². The number of methoxy groups -OCH3 is 1. The third-order valence-electron chi connectivity index (χ3n) is 4.69. The maximum Gasteiger partial charge on any atom is 0.356 e. The molecule has 2 N–H and O–H groups in total. The minimum atomic E-state index is -4.20. The Balaban J connectivity index is 1.58. The lowest BCUT2D eigenvalue weighted by atomic mass is 10.1. The third-order valence-corrected chi connectivity index (χ3v) is 6.29. The second-order valence-corrected chi connectivity index (χ2v) is 9.13. The minimum Gasteiger partial charge on any atom is -0.464 e. The quantitative estimate of drug-likeness (QED) is 0.453. The van der Waals surface area contributed by atoms with Gasteiger partial charge in [-0.05, 0) is 60.5 Å². The Labute approximate surface area is 201 Å². The smallest absolute Gasteiger partial charge is 0.356 e. The van der Waals surface area contributed by atoms with Crippen molar-refractivity contribution in [2.24, 2.45) is 0 Å². The van der Waals surface area contributed by atoms with Crippen LogP contribution in [0.1, 0.15) is 36.8 Å². The number of hydrogen-bond donors (Lipinski definition) is 2. The fraction of sp³-hybridized carbons (Fsp3) is 0.130. The van der Waals surface area contributed by atoms with Crippen molar-refractivity contribution in [3.8, 4) is 0 Å². The molecule has 0 radical (unpaired) electrons. The maximum absolute atomic E-state index is 12.5. The topological polar surface area (TPSA) is 132 Å². The van der Waals surface area contributed by atoms with Crippen LogP contribution in [-0.4, -0.2) is 44.8 Å². The van der Waals surface area contributed by atoms with Crippen molar-refractivity contribution in [2.75, 3.05) is 13.7 Å². The number of ether oxygens (including phenoxy) is 1. The Bertz CT molecular complexity index is 1290. The molecule has 9 nitrogen and oxygen atoms in total. The van der Waals surface area contributed by atoms with Gasteiger partial charge in [-0.15, -0.1) is 0 Å². The largest absolute Gasteiger partial charge is 0.464 e. The van der Waals surface area contributed by atoms with Gasteiger partial charge in [0.1, 0.15) is 5.69 Å². The van der Waals surface area contributed by atoms with E-state index in [4.69, 9.17) is 11.6 Å². The van der Waals surface area contributed by atoms with E-state index in [9.17, 15) is 22.8 Å². The SMILES string of the molecule is COC(=O)c1ccc(C(=O)NS(=O)(=O)c2ccc(C(=O)NCCc3ccc(Cl)cc3)cc2)cn1. The lowest BCUT2D eigenvalue weighted by molar-refractivity contribution is 0.0593. The number of amides is 2. The molecule has 1 aromatic heterocycles. The molecule has 0 aliphatic heterocycles. The first-order chi connectivity index (χ1) is 16.2. The zero-order chi connectivity index (χ0) is 24.7. The van der Waals surface area contributed by atoms with Gasteiger partial charge in [0, 0.05) is 23.3 Å². The molecule has 2 amide bonds. The first-order valence-corrected chi connectivity index (χ1v) is 11.8. The molecule has 3 rings (SSSR count). The number of nitrogens with zero attached hydrogens (tertiary/aromatic N) is 1. The van der Waals surface area contributed by atoms with Crippen molar-refractivity contribution < 1.29 is 27.5 Å². The molecule has 34 heavy (non-hydrogen) atoms. The van der Waals surface area contributed by atoms with E-state index in [1.165, 1.54) is 43.5 Å². The van der Waals surface area contributed by atoms with Gasteiger partial charge in [0.05, 0.1) is 17.6 Å². The highest BCUT2D eigenvalue weighted by Crippen LogP contribution is 2.13. The van der Waals surface area contributed by atoms with Crippen molar-refractivity contribution in [3.05, 3.63) is 94.3 Å². The molecule has 1 heterocycles. The number of aromatic nitrogens is 1. The summed E-state index contributed by atoms with van der Waals surface area (Å²) in [5, 5.41) is 3.39. The summed E-state index contributed by atoms with van der Waals surface area (Å²) in [6, 6.07) is 14.9. The summed E-state index contributed by atoms with van der Waals surface area (Å²) in [5.41, 5.74) is 1.19. The van der Waals surface area contributed by atoms with Crippen LogP contribution in [0.4, 0.5) is 0 Å². The van der Waals surface area contributed by atoms with Crippen LogP contribution in [0, 0.1) is 0 Å². The van der Waals surface area contributed by atoms with Crippen molar-refractivity contribution in [1.82, 2.24) is 15.0 Å².